The second kappa shape index (κ2) is 6.31. The van der Waals surface area contributed by atoms with Crippen molar-refractivity contribution in [1.29, 1.82) is 0 Å². The lowest BCUT2D eigenvalue weighted by atomic mass is 9.92. The molecule has 0 spiro atoms. The molecule has 1 aliphatic rings. The third-order valence-corrected chi connectivity index (χ3v) is 4.52. The molecule has 2 aromatic rings. The highest BCUT2D eigenvalue weighted by molar-refractivity contribution is 5.94. The zero-order valence-corrected chi connectivity index (χ0v) is 15.0. The third-order valence-electron chi connectivity index (χ3n) is 4.52. The zero-order valence-electron chi connectivity index (χ0n) is 15.0. The van der Waals surface area contributed by atoms with Gasteiger partial charge < -0.3 is 14.8 Å². The fourth-order valence-electron chi connectivity index (χ4n) is 2.73. The van der Waals surface area contributed by atoms with Crippen LogP contribution >= 0.6 is 0 Å². The molecule has 0 bridgehead atoms. The Hall–Kier alpha value is -2.70. The fraction of sp³-hybridized carbons (Fsp3) is 0.444. The predicted octanol–water partition coefficient (Wildman–Crippen LogP) is 1.42. The molecule has 1 N–H and O–H groups in total. The van der Waals surface area contributed by atoms with Crippen LogP contribution in [0.1, 0.15) is 36.8 Å². The van der Waals surface area contributed by atoms with Crippen molar-refractivity contribution < 1.29 is 4.79 Å². The Morgan fingerprint density at radius 1 is 1.24 bits per heavy atom. The highest BCUT2D eigenvalue weighted by Gasteiger charge is 2.34. The maximum Gasteiger partial charge on any atom is 0.260 e. The van der Waals surface area contributed by atoms with Gasteiger partial charge in [-0.25, -0.2) is 0 Å². The number of amides is 1. The number of aromatic amines is 1. The molecule has 3 rings (SSSR count). The molecule has 1 saturated heterocycles. The van der Waals surface area contributed by atoms with E-state index in [1.54, 1.807) is 24.1 Å². The molecule has 3 heterocycles. The van der Waals surface area contributed by atoms with Gasteiger partial charge in [-0.05, 0) is 24.3 Å². The minimum absolute atomic E-state index is 0.0294. The largest absolute Gasteiger partial charge is 0.351 e. The summed E-state index contributed by atoms with van der Waals surface area (Å²) in [5.74, 6) is 0.545. The van der Waals surface area contributed by atoms with E-state index < -0.39 is 0 Å². The standard InChI is InChI=1S/C18H23N5O2/c1-18(2,3)14-7-8-15(21-20-14)23-10-12(11-23)22(4)17(25)13-6-5-9-19-16(13)24/h5-9,12H,10-11H2,1-4H3,(H,19,24). The molecule has 0 saturated carbocycles. The molecular weight excluding hydrogens is 318 g/mol. The van der Waals surface area contributed by atoms with E-state index in [0.717, 1.165) is 11.5 Å². The fourth-order valence-corrected chi connectivity index (χ4v) is 2.73. The van der Waals surface area contributed by atoms with Gasteiger partial charge in [0.1, 0.15) is 5.56 Å². The average molecular weight is 341 g/mol. The number of carbonyl (C=O) groups is 1. The molecular formula is C18H23N5O2. The van der Waals surface area contributed by atoms with Crippen LogP contribution in [0.2, 0.25) is 0 Å². The molecule has 1 amide bonds. The number of likely N-dealkylation sites (N-methyl/N-ethyl adjacent to an activating group) is 1. The molecule has 0 atom stereocenters. The molecule has 0 aromatic carbocycles. The first-order valence-electron chi connectivity index (χ1n) is 8.31. The lowest BCUT2D eigenvalue weighted by Crippen LogP contribution is -2.60. The number of pyridine rings is 1. The first-order valence-corrected chi connectivity index (χ1v) is 8.31. The van der Waals surface area contributed by atoms with Crippen LogP contribution in [0.25, 0.3) is 0 Å². The zero-order chi connectivity index (χ0) is 18.2. The van der Waals surface area contributed by atoms with Crippen molar-refractivity contribution in [3.8, 4) is 0 Å². The summed E-state index contributed by atoms with van der Waals surface area (Å²) in [6.07, 6.45) is 1.52. The van der Waals surface area contributed by atoms with Gasteiger partial charge in [-0.3, -0.25) is 9.59 Å². The Balaban J connectivity index is 1.63. The first-order chi connectivity index (χ1) is 11.8. The normalized spacial score (nSPS) is 15.0. The van der Waals surface area contributed by atoms with E-state index in [-0.39, 0.29) is 28.5 Å². The summed E-state index contributed by atoms with van der Waals surface area (Å²) in [6.45, 7) is 7.65. The Kier molecular flexibility index (Phi) is 4.32. The molecule has 25 heavy (non-hydrogen) atoms. The van der Waals surface area contributed by atoms with Crippen LogP contribution in [0.4, 0.5) is 5.82 Å². The van der Waals surface area contributed by atoms with E-state index in [4.69, 9.17) is 0 Å². The highest BCUT2D eigenvalue weighted by Crippen LogP contribution is 2.24. The number of carbonyl (C=O) groups excluding carboxylic acids is 1. The number of hydrogen-bond acceptors (Lipinski definition) is 5. The van der Waals surface area contributed by atoms with E-state index in [1.165, 1.54) is 6.20 Å². The number of rotatable bonds is 3. The maximum atomic E-state index is 12.5. The summed E-state index contributed by atoms with van der Waals surface area (Å²) in [7, 11) is 1.73. The molecule has 1 aliphatic heterocycles. The van der Waals surface area contributed by atoms with Crippen LogP contribution < -0.4 is 10.5 Å². The van der Waals surface area contributed by atoms with Gasteiger partial charge in [0.15, 0.2) is 5.82 Å². The molecule has 0 unspecified atom stereocenters. The maximum absolute atomic E-state index is 12.5. The number of nitrogens with zero attached hydrogens (tertiary/aromatic N) is 4. The van der Waals surface area contributed by atoms with E-state index in [9.17, 15) is 9.59 Å². The number of aromatic nitrogens is 3. The summed E-state index contributed by atoms with van der Waals surface area (Å²) in [6, 6.07) is 7.21. The SMILES string of the molecule is CN(C(=O)c1ccc[nH]c1=O)C1CN(c2ccc(C(C)(C)C)nn2)C1. The summed E-state index contributed by atoms with van der Waals surface area (Å²) >= 11 is 0. The first kappa shape index (κ1) is 17.1. The molecule has 7 nitrogen and oxygen atoms in total. The van der Waals surface area contributed by atoms with Crippen molar-refractivity contribution in [2.24, 2.45) is 0 Å². The Bertz CT molecular complexity index is 816. The van der Waals surface area contributed by atoms with E-state index in [1.807, 2.05) is 12.1 Å². The molecule has 7 heteroatoms. The van der Waals surface area contributed by atoms with Crippen LogP contribution in [0.5, 0.6) is 0 Å². The highest BCUT2D eigenvalue weighted by atomic mass is 16.2. The van der Waals surface area contributed by atoms with Gasteiger partial charge in [-0.2, -0.15) is 5.10 Å². The molecule has 132 valence electrons. The van der Waals surface area contributed by atoms with Crippen molar-refractivity contribution in [3.05, 3.63) is 52.1 Å². The van der Waals surface area contributed by atoms with Crippen molar-refractivity contribution in [2.75, 3.05) is 25.0 Å². The number of anilines is 1. The van der Waals surface area contributed by atoms with Gasteiger partial charge >= 0.3 is 0 Å². The third kappa shape index (κ3) is 3.40. The number of hydrogen-bond donors (Lipinski definition) is 1. The topological polar surface area (TPSA) is 82.2 Å². The predicted molar refractivity (Wildman–Crippen MR) is 95.9 cm³/mol. The van der Waals surface area contributed by atoms with Crippen molar-refractivity contribution in [2.45, 2.75) is 32.2 Å². The second-order valence-corrected chi connectivity index (χ2v) is 7.41. The van der Waals surface area contributed by atoms with Gasteiger partial charge in [0.2, 0.25) is 0 Å². The molecule has 0 radical (unpaired) electrons. The van der Waals surface area contributed by atoms with Gasteiger partial charge in [-0.15, -0.1) is 5.10 Å². The van der Waals surface area contributed by atoms with E-state index in [2.05, 4.69) is 40.9 Å². The summed E-state index contributed by atoms with van der Waals surface area (Å²) in [5.41, 5.74) is 0.721. The van der Waals surface area contributed by atoms with Crippen LogP contribution in [0, 0.1) is 0 Å². The van der Waals surface area contributed by atoms with Crippen molar-refractivity contribution in [3.63, 3.8) is 0 Å². The van der Waals surface area contributed by atoms with Crippen LogP contribution in [0.3, 0.4) is 0 Å². The van der Waals surface area contributed by atoms with Gasteiger partial charge in [0.25, 0.3) is 11.5 Å². The number of H-pyrrole nitrogens is 1. The lowest BCUT2D eigenvalue weighted by Gasteiger charge is -2.44. The van der Waals surface area contributed by atoms with Gasteiger partial charge in [0.05, 0.1) is 11.7 Å². The monoisotopic (exact) mass is 341 g/mol. The minimum atomic E-state index is -0.362. The smallest absolute Gasteiger partial charge is 0.260 e. The van der Waals surface area contributed by atoms with Gasteiger partial charge in [-0.1, -0.05) is 20.8 Å². The van der Waals surface area contributed by atoms with Crippen molar-refractivity contribution >= 4 is 11.7 Å². The lowest BCUT2D eigenvalue weighted by molar-refractivity contribution is 0.0703. The minimum Gasteiger partial charge on any atom is -0.351 e. The summed E-state index contributed by atoms with van der Waals surface area (Å²) < 4.78 is 0. The Morgan fingerprint density at radius 3 is 2.52 bits per heavy atom. The van der Waals surface area contributed by atoms with E-state index >= 15 is 0 Å². The van der Waals surface area contributed by atoms with Crippen LogP contribution in [-0.4, -0.2) is 52.2 Å². The summed E-state index contributed by atoms with van der Waals surface area (Å²) in [5, 5.41) is 8.59. The van der Waals surface area contributed by atoms with Gasteiger partial charge in [0, 0.05) is 31.7 Å². The van der Waals surface area contributed by atoms with Crippen molar-refractivity contribution in [1.82, 2.24) is 20.1 Å². The summed E-state index contributed by atoms with van der Waals surface area (Å²) in [4.78, 5) is 30.4. The molecule has 0 aliphatic carbocycles. The number of nitrogens with one attached hydrogen (secondary N) is 1. The molecule has 1 fully saturated rings. The van der Waals surface area contributed by atoms with Crippen LogP contribution in [0.15, 0.2) is 35.3 Å². The Labute approximate surface area is 146 Å². The van der Waals surface area contributed by atoms with Crippen LogP contribution in [-0.2, 0) is 5.41 Å². The van der Waals surface area contributed by atoms with E-state index in [0.29, 0.717) is 13.1 Å². The average Bonchev–Trinajstić information content (AvgIpc) is 2.53. The molecule has 2 aromatic heterocycles. The Morgan fingerprint density at radius 2 is 1.96 bits per heavy atom. The quantitative estimate of drug-likeness (QED) is 0.913. The second-order valence-electron chi connectivity index (χ2n) is 7.41.